The highest BCUT2D eigenvalue weighted by Gasteiger charge is 2.14. The summed E-state index contributed by atoms with van der Waals surface area (Å²) in [6.45, 7) is 3.96. The molecule has 0 radical (unpaired) electrons. The summed E-state index contributed by atoms with van der Waals surface area (Å²) in [5.41, 5.74) is 3.30. The third-order valence-electron chi connectivity index (χ3n) is 4.07. The van der Waals surface area contributed by atoms with Crippen molar-refractivity contribution in [3.63, 3.8) is 0 Å². The number of anilines is 2. The maximum absolute atomic E-state index is 12.5. The summed E-state index contributed by atoms with van der Waals surface area (Å²) >= 11 is 2.45. The van der Waals surface area contributed by atoms with E-state index in [4.69, 9.17) is 9.47 Å². The fourth-order valence-corrected chi connectivity index (χ4v) is 4.34. The number of hydrogen-bond acceptors (Lipinski definition) is 8. The van der Waals surface area contributed by atoms with Crippen LogP contribution in [0.5, 0.6) is 11.5 Å². The summed E-state index contributed by atoms with van der Waals surface area (Å²) in [7, 11) is 3.03. The largest absolute Gasteiger partial charge is 0.497 e. The Morgan fingerprint density at radius 1 is 0.935 bits per heavy atom. The number of rotatable bonds is 8. The standard InChI is InChI=1S/C21H22N4O4S2/c1-12-5-13(2)7-15(6-12)22-18(26)11-30-21-25-24-20(31-21)23-19(27)14-8-16(28-3)10-17(9-14)29-4/h5-10H,11H2,1-4H3,(H,22,26)(H,23,24,27). The SMILES string of the molecule is COc1cc(OC)cc(C(=O)Nc2nnc(SCC(=O)Nc3cc(C)cc(C)c3)s2)c1. The molecule has 2 aromatic carbocycles. The number of thioether (sulfide) groups is 1. The van der Waals surface area contributed by atoms with Crippen LogP contribution in [0.3, 0.4) is 0 Å². The zero-order valence-corrected chi connectivity index (χ0v) is 19.1. The van der Waals surface area contributed by atoms with Gasteiger partial charge in [0.05, 0.1) is 20.0 Å². The summed E-state index contributed by atoms with van der Waals surface area (Å²) in [6.07, 6.45) is 0. The second kappa shape index (κ2) is 10.3. The number of aryl methyl sites for hydroxylation is 2. The number of nitrogens with zero attached hydrogens (tertiary/aromatic N) is 2. The van der Waals surface area contributed by atoms with E-state index >= 15 is 0 Å². The van der Waals surface area contributed by atoms with Crippen molar-refractivity contribution in [1.29, 1.82) is 0 Å². The topological polar surface area (TPSA) is 102 Å². The van der Waals surface area contributed by atoms with Crippen LogP contribution in [0.1, 0.15) is 21.5 Å². The summed E-state index contributed by atoms with van der Waals surface area (Å²) < 4.78 is 10.9. The van der Waals surface area contributed by atoms with Crippen LogP contribution in [-0.4, -0.2) is 42.0 Å². The summed E-state index contributed by atoms with van der Waals surface area (Å²) in [5, 5.41) is 13.9. The molecule has 0 spiro atoms. The van der Waals surface area contributed by atoms with Gasteiger partial charge in [-0.05, 0) is 49.2 Å². The first-order valence-electron chi connectivity index (χ1n) is 9.25. The molecule has 0 aliphatic carbocycles. The molecule has 0 saturated heterocycles. The molecule has 0 atom stereocenters. The summed E-state index contributed by atoms with van der Waals surface area (Å²) in [4.78, 5) is 24.8. The van der Waals surface area contributed by atoms with Gasteiger partial charge in [-0.25, -0.2) is 0 Å². The van der Waals surface area contributed by atoms with Crippen LogP contribution in [0.2, 0.25) is 0 Å². The van der Waals surface area contributed by atoms with Gasteiger partial charge in [-0.2, -0.15) is 0 Å². The number of amides is 2. The molecule has 2 N–H and O–H groups in total. The molecule has 3 rings (SSSR count). The van der Waals surface area contributed by atoms with Crippen molar-refractivity contribution >= 4 is 45.7 Å². The Kier molecular flexibility index (Phi) is 7.48. The summed E-state index contributed by atoms with van der Waals surface area (Å²) in [6, 6.07) is 10.8. The molecule has 1 aromatic heterocycles. The van der Waals surface area contributed by atoms with Gasteiger partial charge in [-0.15, -0.1) is 10.2 Å². The van der Waals surface area contributed by atoms with Crippen LogP contribution in [0.15, 0.2) is 40.7 Å². The predicted molar refractivity (Wildman–Crippen MR) is 123 cm³/mol. The lowest BCUT2D eigenvalue weighted by Crippen LogP contribution is -2.14. The van der Waals surface area contributed by atoms with E-state index in [-0.39, 0.29) is 17.6 Å². The van der Waals surface area contributed by atoms with Gasteiger partial charge < -0.3 is 14.8 Å². The van der Waals surface area contributed by atoms with Crippen molar-refractivity contribution in [2.45, 2.75) is 18.2 Å². The second-order valence-electron chi connectivity index (χ2n) is 6.64. The molecule has 162 valence electrons. The molecule has 10 heteroatoms. The Labute approximate surface area is 188 Å². The molecule has 0 bridgehead atoms. The lowest BCUT2D eigenvalue weighted by atomic mass is 10.1. The highest BCUT2D eigenvalue weighted by atomic mass is 32.2. The highest BCUT2D eigenvalue weighted by molar-refractivity contribution is 8.01. The zero-order valence-electron chi connectivity index (χ0n) is 17.5. The number of hydrogen-bond donors (Lipinski definition) is 2. The minimum Gasteiger partial charge on any atom is -0.497 e. The number of carbonyl (C=O) groups is 2. The molecule has 1 heterocycles. The fraction of sp³-hybridized carbons (Fsp3) is 0.238. The third-order valence-corrected chi connectivity index (χ3v) is 6.04. The van der Waals surface area contributed by atoms with Crippen molar-refractivity contribution in [3.8, 4) is 11.5 Å². The number of aromatic nitrogens is 2. The Morgan fingerprint density at radius 3 is 2.19 bits per heavy atom. The minimum absolute atomic E-state index is 0.140. The van der Waals surface area contributed by atoms with Crippen LogP contribution in [0.25, 0.3) is 0 Å². The van der Waals surface area contributed by atoms with E-state index in [1.807, 2.05) is 32.0 Å². The first-order chi connectivity index (χ1) is 14.9. The van der Waals surface area contributed by atoms with Crippen molar-refractivity contribution in [2.24, 2.45) is 0 Å². The first kappa shape index (κ1) is 22.6. The van der Waals surface area contributed by atoms with E-state index in [9.17, 15) is 9.59 Å². The normalized spacial score (nSPS) is 10.5. The molecule has 2 amide bonds. The number of nitrogens with one attached hydrogen (secondary N) is 2. The quantitative estimate of drug-likeness (QED) is 0.386. The maximum Gasteiger partial charge on any atom is 0.257 e. The maximum atomic E-state index is 12.5. The van der Waals surface area contributed by atoms with Gasteiger partial charge in [0.15, 0.2) is 4.34 Å². The molecule has 0 fully saturated rings. The van der Waals surface area contributed by atoms with Crippen molar-refractivity contribution in [2.75, 3.05) is 30.6 Å². The van der Waals surface area contributed by atoms with E-state index in [1.54, 1.807) is 18.2 Å². The number of ether oxygens (including phenoxy) is 2. The van der Waals surface area contributed by atoms with Crippen molar-refractivity contribution < 1.29 is 19.1 Å². The minimum atomic E-state index is -0.363. The highest BCUT2D eigenvalue weighted by Crippen LogP contribution is 2.27. The van der Waals surface area contributed by atoms with Gasteiger partial charge in [0, 0.05) is 17.3 Å². The van der Waals surface area contributed by atoms with E-state index in [2.05, 4.69) is 20.8 Å². The molecule has 8 nitrogen and oxygen atoms in total. The number of carbonyl (C=O) groups excluding carboxylic acids is 2. The van der Waals surface area contributed by atoms with E-state index in [0.29, 0.717) is 26.5 Å². The molecular weight excluding hydrogens is 436 g/mol. The molecule has 0 unspecified atom stereocenters. The van der Waals surface area contributed by atoms with Crippen LogP contribution >= 0.6 is 23.1 Å². The van der Waals surface area contributed by atoms with Crippen LogP contribution in [0.4, 0.5) is 10.8 Å². The van der Waals surface area contributed by atoms with E-state index in [0.717, 1.165) is 16.8 Å². The Morgan fingerprint density at radius 2 is 1.58 bits per heavy atom. The van der Waals surface area contributed by atoms with E-state index in [1.165, 1.54) is 37.3 Å². The summed E-state index contributed by atoms with van der Waals surface area (Å²) in [5.74, 6) is 0.695. The van der Waals surface area contributed by atoms with Gasteiger partial charge in [-0.3, -0.25) is 14.9 Å². The molecule has 0 aliphatic rings. The van der Waals surface area contributed by atoms with Crippen LogP contribution in [0, 0.1) is 13.8 Å². The lowest BCUT2D eigenvalue weighted by molar-refractivity contribution is -0.113. The van der Waals surface area contributed by atoms with E-state index < -0.39 is 0 Å². The Hall–Kier alpha value is -3.11. The molecule has 3 aromatic rings. The van der Waals surface area contributed by atoms with Crippen molar-refractivity contribution in [1.82, 2.24) is 10.2 Å². The lowest BCUT2D eigenvalue weighted by Gasteiger charge is -2.07. The Balaban J connectivity index is 1.56. The zero-order chi connectivity index (χ0) is 22.4. The molecule has 0 aliphatic heterocycles. The van der Waals surface area contributed by atoms with Crippen molar-refractivity contribution in [3.05, 3.63) is 53.1 Å². The van der Waals surface area contributed by atoms with Gasteiger partial charge >= 0.3 is 0 Å². The average Bonchev–Trinajstić information content (AvgIpc) is 3.18. The smallest absolute Gasteiger partial charge is 0.257 e. The van der Waals surface area contributed by atoms with Crippen LogP contribution in [-0.2, 0) is 4.79 Å². The number of methoxy groups -OCH3 is 2. The van der Waals surface area contributed by atoms with Gasteiger partial charge in [0.1, 0.15) is 11.5 Å². The first-order valence-corrected chi connectivity index (χ1v) is 11.1. The van der Waals surface area contributed by atoms with Crippen LogP contribution < -0.4 is 20.1 Å². The molecule has 31 heavy (non-hydrogen) atoms. The second-order valence-corrected chi connectivity index (χ2v) is 8.84. The monoisotopic (exact) mass is 458 g/mol. The average molecular weight is 459 g/mol. The Bertz CT molecular complexity index is 1060. The van der Waals surface area contributed by atoms with Gasteiger partial charge in [-0.1, -0.05) is 29.2 Å². The van der Waals surface area contributed by atoms with Gasteiger partial charge in [0.25, 0.3) is 5.91 Å². The fourth-order valence-electron chi connectivity index (χ4n) is 2.80. The molecule has 0 saturated carbocycles. The number of benzene rings is 2. The molecular formula is C21H22N4O4S2. The van der Waals surface area contributed by atoms with Gasteiger partial charge in [0.2, 0.25) is 11.0 Å². The third kappa shape index (κ3) is 6.43. The predicted octanol–water partition coefficient (Wildman–Crippen LogP) is 4.16.